The van der Waals surface area contributed by atoms with Crippen LogP contribution in [0.4, 0.5) is 5.69 Å². The first-order valence-corrected chi connectivity index (χ1v) is 11.7. The third-order valence-electron chi connectivity index (χ3n) is 5.70. The van der Waals surface area contributed by atoms with Gasteiger partial charge in [-0.25, -0.2) is 0 Å². The fourth-order valence-electron chi connectivity index (χ4n) is 3.67. The summed E-state index contributed by atoms with van der Waals surface area (Å²) in [5, 5.41) is 3.20. The lowest BCUT2D eigenvalue weighted by Gasteiger charge is -2.10. The van der Waals surface area contributed by atoms with E-state index in [0.29, 0.717) is 22.5 Å². The zero-order valence-corrected chi connectivity index (χ0v) is 20.2. The monoisotopic (exact) mass is 471 g/mol. The molecule has 1 N–H and O–H groups in total. The van der Waals surface area contributed by atoms with Gasteiger partial charge in [0.25, 0.3) is 5.91 Å². The average molecular weight is 472 g/mol. The van der Waals surface area contributed by atoms with Crippen molar-refractivity contribution in [1.82, 2.24) is 0 Å². The Bertz CT molecular complexity index is 1390. The number of rotatable bonds is 9. The Labute approximate surface area is 204 Å². The van der Waals surface area contributed by atoms with Crippen molar-refractivity contribution in [2.24, 2.45) is 0 Å². The quantitative estimate of drug-likeness (QED) is 0.299. The molecule has 0 aliphatic heterocycles. The van der Waals surface area contributed by atoms with Crippen LogP contribution < -0.4 is 20.2 Å². The lowest BCUT2D eigenvalue weighted by molar-refractivity contribution is -0.118. The second-order valence-corrected chi connectivity index (χ2v) is 8.60. The molecule has 0 unspecified atom stereocenters. The maximum absolute atomic E-state index is 12.9. The minimum atomic E-state index is -0.279. The molecule has 0 spiro atoms. The first kappa shape index (κ1) is 24.1. The van der Waals surface area contributed by atoms with Gasteiger partial charge < -0.3 is 19.2 Å². The molecule has 0 fully saturated rings. The Morgan fingerprint density at radius 3 is 2.54 bits per heavy atom. The van der Waals surface area contributed by atoms with Crippen LogP contribution in [0.15, 0.2) is 76.1 Å². The van der Waals surface area contributed by atoms with Crippen molar-refractivity contribution in [3.8, 4) is 17.2 Å². The van der Waals surface area contributed by atoms with E-state index in [0.717, 1.165) is 36.1 Å². The van der Waals surface area contributed by atoms with Gasteiger partial charge in [0, 0.05) is 11.8 Å². The van der Waals surface area contributed by atoms with E-state index in [1.165, 1.54) is 11.8 Å². The molecule has 0 aliphatic rings. The van der Waals surface area contributed by atoms with E-state index in [1.807, 2.05) is 56.3 Å². The largest absolute Gasteiger partial charge is 0.484 e. The van der Waals surface area contributed by atoms with Crippen LogP contribution in [-0.2, 0) is 11.2 Å². The highest BCUT2D eigenvalue weighted by atomic mass is 16.5. The van der Waals surface area contributed by atoms with E-state index in [1.54, 1.807) is 18.2 Å². The molecule has 6 heteroatoms. The van der Waals surface area contributed by atoms with Crippen molar-refractivity contribution >= 4 is 22.6 Å². The third-order valence-corrected chi connectivity index (χ3v) is 5.70. The molecule has 0 bridgehead atoms. The standard InChI is InChI=1S/C29H29NO5/c1-4-5-6-21-9-11-22(12-10-21)30-28(31)18-33-23-13-14-24-26(16-23)34-17-27(29(24)32)35-25-15-19(2)7-8-20(25)3/h7-17H,4-6,18H2,1-3H3,(H,30,31). The van der Waals surface area contributed by atoms with Crippen LogP contribution in [0.2, 0.25) is 0 Å². The van der Waals surface area contributed by atoms with Crippen molar-refractivity contribution in [3.63, 3.8) is 0 Å². The van der Waals surface area contributed by atoms with Gasteiger partial charge in [0.2, 0.25) is 11.2 Å². The predicted octanol–water partition coefficient (Wildman–Crippen LogP) is 6.56. The van der Waals surface area contributed by atoms with E-state index in [-0.39, 0.29) is 23.7 Å². The highest BCUT2D eigenvalue weighted by Gasteiger charge is 2.12. The summed E-state index contributed by atoms with van der Waals surface area (Å²) in [5.74, 6) is 0.872. The van der Waals surface area contributed by atoms with Crippen LogP contribution in [0, 0.1) is 13.8 Å². The molecule has 180 valence electrons. The molecular formula is C29H29NO5. The molecule has 0 atom stereocenters. The van der Waals surface area contributed by atoms with E-state index in [4.69, 9.17) is 13.9 Å². The zero-order valence-electron chi connectivity index (χ0n) is 20.2. The normalized spacial score (nSPS) is 10.8. The van der Waals surface area contributed by atoms with Crippen LogP contribution in [-0.4, -0.2) is 12.5 Å². The van der Waals surface area contributed by atoms with E-state index < -0.39 is 0 Å². The topological polar surface area (TPSA) is 77.8 Å². The Balaban J connectivity index is 1.39. The predicted molar refractivity (Wildman–Crippen MR) is 138 cm³/mol. The molecule has 0 radical (unpaired) electrons. The Kier molecular flexibility index (Phi) is 7.51. The molecule has 1 aromatic heterocycles. The number of ether oxygens (including phenoxy) is 2. The Morgan fingerprint density at radius 1 is 0.971 bits per heavy atom. The number of aryl methyl sites for hydroxylation is 3. The Morgan fingerprint density at radius 2 is 1.77 bits per heavy atom. The number of carbonyl (C=O) groups is 1. The molecule has 0 saturated carbocycles. The van der Waals surface area contributed by atoms with Gasteiger partial charge in [-0.3, -0.25) is 9.59 Å². The number of unbranched alkanes of at least 4 members (excludes halogenated alkanes) is 1. The second kappa shape index (κ2) is 10.9. The van der Waals surface area contributed by atoms with Crippen LogP contribution in [0.5, 0.6) is 17.2 Å². The van der Waals surface area contributed by atoms with Crippen molar-refractivity contribution < 1.29 is 18.7 Å². The number of amides is 1. The molecule has 0 saturated heterocycles. The van der Waals surface area contributed by atoms with Gasteiger partial charge in [-0.15, -0.1) is 0 Å². The molecule has 4 aromatic rings. The molecular weight excluding hydrogens is 442 g/mol. The van der Waals surface area contributed by atoms with Gasteiger partial charge in [-0.05, 0) is 73.7 Å². The smallest absolute Gasteiger partial charge is 0.262 e. The molecule has 0 aliphatic carbocycles. The summed E-state index contributed by atoms with van der Waals surface area (Å²) in [6, 6.07) is 18.5. The van der Waals surface area contributed by atoms with Crippen LogP contribution >= 0.6 is 0 Å². The number of hydrogen-bond acceptors (Lipinski definition) is 5. The number of fused-ring (bicyclic) bond motifs is 1. The molecule has 6 nitrogen and oxygen atoms in total. The summed E-state index contributed by atoms with van der Waals surface area (Å²) in [6.45, 7) is 5.87. The number of anilines is 1. The number of carbonyl (C=O) groups excluding carboxylic acids is 1. The lowest BCUT2D eigenvalue weighted by atomic mass is 10.1. The second-order valence-electron chi connectivity index (χ2n) is 8.60. The molecule has 35 heavy (non-hydrogen) atoms. The van der Waals surface area contributed by atoms with Crippen LogP contribution in [0.3, 0.4) is 0 Å². The van der Waals surface area contributed by atoms with Crippen molar-refractivity contribution in [2.75, 3.05) is 11.9 Å². The SMILES string of the molecule is CCCCc1ccc(NC(=O)COc2ccc3c(=O)c(Oc4cc(C)ccc4C)coc3c2)cc1. The minimum absolute atomic E-state index is 0.111. The van der Waals surface area contributed by atoms with Crippen LogP contribution in [0.25, 0.3) is 11.0 Å². The lowest BCUT2D eigenvalue weighted by Crippen LogP contribution is -2.20. The summed E-state index contributed by atoms with van der Waals surface area (Å²) in [6.07, 6.45) is 4.63. The van der Waals surface area contributed by atoms with Gasteiger partial charge in [0.1, 0.15) is 23.3 Å². The minimum Gasteiger partial charge on any atom is -0.484 e. The van der Waals surface area contributed by atoms with Gasteiger partial charge in [-0.2, -0.15) is 0 Å². The van der Waals surface area contributed by atoms with Gasteiger partial charge in [0.05, 0.1) is 5.39 Å². The molecule has 3 aromatic carbocycles. The summed E-state index contributed by atoms with van der Waals surface area (Å²) in [4.78, 5) is 25.2. The van der Waals surface area contributed by atoms with E-state index in [2.05, 4.69) is 12.2 Å². The summed E-state index contributed by atoms with van der Waals surface area (Å²) in [7, 11) is 0. The van der Waals surface area contributed by atoms with Crippen molar-refractivity contribution in [1.29, 1.82) is 0 Å². The molecule has 4 rings (SSSR count). The highest BCUT2D eigenvalue weighted by Crippen LogP contribution is 2.27. The van der Waals surface area contributed by atoms with Gasteiger partial charge in [0.15, 0.2) is 6.61 Å². The maximum atomic E-state index is 12.9. The summed E-state index contributed by atoms with van der Waals surface area (Å²) in [5.41, 5.74) is 4.00. The van der Waals surface area contributed by atoms with Crippen molar-refractivity contribution in [2.45, 2.75) is 40.0 Å². The van der Waals surface area contributed by atoms with Crippen LogP contribution in [0.1, 0.15) is 36.5 Å². The molecule has 1 heterocycles. The van der Waals surface area contributed by atoms with E-state index >= 15 is 0 Å². The fraction of sp³-hybridized carbons (Fsp3) is 0.241. The first-order chi connectivity index (χ1) is 16.9. The number of hydrogen-bond donors (Lipinski definition) is 1. The van der Waals surface area contributed by atoms with Crippen molar-refractivity contribution in [3.05, 3.63) is 93.8 Å². The van der Waals surface area contributed by atoms with Gasteiger partial charge in [-0.1, -0.05) is 37.6 Å². The average Bonchev–Trinajstić information content (AvgIpc) is 2.86. The highest BCUT2D eigenvalue weighted by molar-refractivity contribution is 5.92. The number of nitrogens with one attached hydrogen (secondary N) is 1. The number of benzene rings is 3. The summed E-state index contributed by atoms with van der Waals surface area (Å²) < 4.78 is 17.1. The van der Waals surface area contributed by atoms with Gasteiger partial charge >= 0.3 is 0 Å². The fourth-order valence-corrected chi connectivity index (χ4v) is 3.67. The third kappa shape index (κ3) is 6.09. The maximum Gasteiger partial charge on any atom is 0.262 e. The molecule has 1 amide bonds. The van der Waals surface area contributed by atoms with E-state index in [9.17, 15) is 9.59 Å². The zero-order chi connectivity index (χ0) is 24.8. The first-order valence-electron chi connectivity index (χ1n) is 11.7. The Hall–Kier alpha value is -4.06. The summed E-state index contributed by atoms with van der Waals surface area (Å²) >= 11 is 0.